The zero-order chi connectivity index (χ0) is 16.6. The molecule has 5 aromatic rings. The first kappa shape index (κ1) is 13.1. The van der Waals surface area contributed by atoms with Gasteiger partial charge in [-0.2, -0.15) is 0 Å². The summed E-state index contributed by atoms with van der Waals surface area (Å²) in [5.41, 5.74) is 13.6. The van der Waals surface area contributed by atoms with Crippen molar-refractivity contribution in [3.05, 3.63) is 59.2 Å². The number of hydrogen-bond donors (Lipinski definition) is 4. The van der Waals surface area contributed by atoms with E-state index in [1.165, 1.54) is 0 Å². The highest BCUT2D eigenvalue weighted by atomic mass is 14.6. The third-order valence-electron chi connectivity index (χ3n) is 4.97. The summed E-state index contributed by atoms with van der Waals surface area (Å²) in [5.74, 6) is 0. The maximum absolute atomic E-state index is 8.27. The highest BCUT2D eigenvalue weighted by Gasteiger charge is 2.16. The molecular formula is C20H14N4. The first-order valence-electron chi connectivity index (χ1n) is 7.72. The Hall–Kier alpha value is -3.40. The van der Waals surface area contributed by atoms with E-state index in [-0.39, 0.29) is 0 Å². The second kappa shape index (κ2) is 4.11. The van der Waals surface area contributed by atoms with Gasteiger partial charge in [0.1, 0.15) is 0 Å². The van der Waals surface area contributed by atoms with Gasteiger partial charge in [0.05, 0.1) is 10.7 Å². The molecule has 5 rings (SSSR count). The SMILES string of the molecule is N=c1ccc2c3ccc(=N)c4c(N)ccc(c5ccc(N)c1c52)c43. The van der Waals surface area contributed by atoms with Gasteiger partial charge in [-0.1, -0.05) is 24.3 Å². The molecule has 0 aliphatic heterocycles. The van der Waals surface area contributed by atoms with Crippen molar-refractivity contribution >= 4 is 54.5 Å². The molecule has 6 N–H and O–H groups in total. The minimum Gasteiger partial charge on any atom is -0.398 e. The van der Waals surface area contributed by atoms with Crippen LogP contribution in [-0.2, 0) is 0 Å². The average molecular weight is 310 g/mol. The van der Waals surface area contributed by atoms with Gasteiger partial charge in [-0.05, 0) is 45.8 Å². The van der Waals surface area contributed by atoms with Crippen LogP contribution in [0.4, 0.5) is 11.4 Å². The number of nitrogens with one attached hydrogen (secondary N) is 2. The molecule has 0 saturated carbocycles. The summed E-state index contributed by atoms with van der Waals surface area (Å²) in [5, 5.41) is 25.2. The summed E-state index contributed by atoms with van der Waals surface area (Å²) < 4.78 is 0. The van der Waals surface area contributed by atoms with Gasteiger partial charge < -0.3 is 22.3 Å². The van der Waals surface area contributed by atoms with Gasteiger partial charge in [0.2, 0.25) is 0 Å². The van der Waals surface area contributed by atoms with Crippen molar-refractivity contribution in [1.82, 2.24) is 0 Å². The van der Waals surface area contributed by atoms with Crippen LogP contribution >= 0.6 is 0 Å². The summed E-state index contributed by atoms with van der Waals surface area (Å²) in [7, 11) is 0. The summed E-state index contributed by atoms with van der Waals surface area (Å²) in [6.45, 7) is 0. The number of nitrogens with two attached hydrogens (primary N) is 2. The lowest BCUT2D eigenvalue weighted by atomic mass is 9.88. The molecule has 5 aromatic carbocycles. The molecule has 0 radical (unpaired) electrons. The predicted octanol–water partition coefficient (Wildman–Crippen LogP) is 3.30. The third kappa shape index (κ3) is 1.38. The number of benzene rings is 5. The molecule has 0 fully saturated rings. The van der Waals surface area contributed by atoms with Crippen LogP contribution in [0.1, 0.15) is 0 Å². The van der Waals surface area contributed by atoms with Crippen molar-refractivity contribution in [2.24, 2.45) is 0 Å². The number of nitrogen functional groups attached to an aromatic ring is 2. The molecular weight excluding hydrogens is 296 g/mol. The Labute approximate surface area is 136 Å². The predicted molar refractivity (Wildman–Crippen MR) is 99.4 cm³/mol. The first-order chi connectivity index (χ1) is 11.6. The Morgan fingerprint density at radius 3 is 1.17 bits per heavy atom. The van der Waals surface area contributed by atoms with E-state index in [2.05, 4.69) is 0 Å². The Bertz CT molecular complexity index is 1270. The Kier molecular flexibility index (Phi) is 2.24. The van der Waals surface area contributed by atoms with Crippen molar-refractivity contribution in [2.75, 3.05) is 11.5 Å². The molecule has 0 aliphatic carbocycles. The van der Waals surface area contributed by atoms with E-state index < -0.39 is 0 Å². The van der Waals surface area contributed by atoms with Crippen LogP contribution < -0.4 is 22.2 Å². The zero-order valence-corrected chi connectivity index (χ0v) is 12.8. The average Bonchev–Trinajstić information content (AvgIpc) is 2.57. The monoisotopic (exact) mass is 310 g/mol. The maximum atomic E-state index is 8.27. The molecule has 0 bridgehead atoms. The molecule has 0 spiro atoms. The van der Waals surface area contributed by atoms with Crippen LogP contribution in [0, 0.1) is 10.8 Å². The summed E-state index contributed by atoms with van der Waals surface area (Å²) in [6.07, 6.45) is 0. The van der Waals surface area contributed by atoms with E-state index in [4.69, 9.17) is 22.3 Å². The molecule has 0 atom stereocenters. The molecule has 0 aliphatic rings. The van der Waals surface area contributed by atoms with Gasteiger partial charge in [0.25, 0.3) is 0 Å². The molecule has 0 heterocycles. The van der Waals surface area contributed by atoms with Crippen LogP contribution in [0.3, 0.4) is 0 Å². The number of anilines is 2. The van der Waals surface area contributed by atoms with E-state index >= 15 is 0 Å². The maximum Gasteiger partial charge on any atom is 0.0639 e. The summed E-state index contributed by atoms with van der Waals surface area (Å²) >= 11 is 0. The van der Waals surface area contributed by atoms with Crippen molar-refractivity contribution < 1.29 is 0 Å². The molecule has 0 unspecified atom stereocenters. The Morgan fingerprint density at radius 1 is 0.458 bits per heavy atom. The van der Waals surface area contributed by atoms with Crippen LogP contribution in [0.25, 0.3) is 43.1 Å². The van der Waals surface area contributed by atoms with Gasteiger partial charge in [0, 0.05) is 32.9 Å². The Morgan fingerprint density at radius 2 is 0.792 bits per heavy atom. The van der Waals surface area contributed by atoms with E-state index in [9.17, 15) is 0 Å². The highest BCUT2D eigenvalue weighted by Crippen LogP contribution is 2.40. The van der Waals surface area contributed by atoms with Gasteiger partial charge in [-0.15, -0.1) is 0 Å². The zero-order valence-electron chi connectivity index (χ0n) is 12.8. The molecule has 4 heteroatoms. The molecule has 114 valence electrons. The van der Waals surface area contributed by atoms with Crippen molar-refractivity contribution in [3.63, 3.8) is 0 Å². The molecule has 4 nitrogen and oxygen atoms in total. The van der Waals surface area contributed by atoms with Gasteiger partial charge in [-0.25, -0.2) is 0 Å². The fraction of sp³-hybridized carbons (Fsp3) is 0. The second-order valence-corrected chi connectivity index (χ2v) is 6.23. The fourth-order valence-corrected chi connectivity index (χ4v) is 3.94. The minimum absolute atomic E-state index is 0.431. The Balaban J connectivity index is 2.31. The van der Waals surface area contributed by atoms with Crippen molar-refractivity contribution in [3.8, 4) is 0 Å². The lowest BCUT2D eigenvalue weighted by molar-refractivity contribution is 1.31. The van der Waals surface area contributed by atoms with Crippen LogP contribution in [0.2, 0.25) is 0 Å². The molecule has 0 aromatic heterocycles. The van der Waals surface area contributed by atoms with Crippen LogP contribution in [0.5, 0.6) is 0 Å². The molecule has 0 amide bonds. The normalized spacial score (nSPS) is 12.0. The smallest absolute Gasteiger partial charge is 0.0639 e. The van der Waals surface area contributed by atoms with E-state index in [0.29, 0.717) is 22.1 Å². The van der Waals surface area contributed by atoms with E-state index in [0.717, 1.165) is 43.1 Å². The summed E-state index contributed by atoms with van der Waals surface area (Å²) in [6, 6.07) is 15.2. The lowest BCUT2D eigenvalue weighted by Crippen LogP contribution is -2.06. The fourth-order valence-electron chi connectivity index (χ4n) is 3.94. The number of fused-ring (bicyclic) bond motifs is 2. The summed E-state index contributed by atoms with van der Waals surface area (Å²) in [4.78, 5) is 0. The van der Waals surface area contributed by atoms with Crippen molar-refractivity contribution in [1.29, 1.82) is 10.8 Å². The van der Waals surface area contributed by atoms with E-state index in [1.54, 1.807) is 12.1 Å². The standard InChI is InChI=1S/C20H14N4/c21-13-5-1-9-10-2-6-15(23)20-16(24)8-4-12(18(10)20)11-3-7-14(22)19(13)17(9)11/h1-8,21,23H,22,24H2. The number of hydrogen-bond acceptors (Lipinski definition) is 4. The van der Waals surface area contributed by atoms with Crippen LogP contribution in [-0.4, -0.2) is 0 Å². The largest absolute Gasteiger partial charge is 0.398 e. The van der Waals surface area contributed by atoms with Crippen LogP contribution in [0.15, 0.2) is 48.5 Å². The quantitative estimate of drug-likeness (QED) is 0.200. The number of rotatable bonds is 0. The minimum atomic E-state index is 0.431. The highest BCUT2D eigenvalue weighted by molar-refractivity contribution is 6.34. The first-order valence-corrected chi connectivity index (χ1v) is 7.72. The van der Waals surface area contributed by atoms with Crippen molar-refractivity contribution in [2.45, 2.75) is 0 Å². The lowest BCUT2D eigenvalue weighted by Gasteiger charge is -2.16. The van der Waals surface area contributed by atoms with Gasteiger partial charge >= 0.3 is 0 Å². The van der Waals surface area contributed by atoms with Gasteiger partial charge in [-0.3, -0.25) is 0 Å². The molecule has 0 saturated heterocycles. The molecule has 24 heavy (non-hydrogen) atoms. The van der Waals surface area contributed by atoms with Gasteiger partial charge in [0.15, 0.2) is 0 Å². The third-order valence-corrected chi connectivity index (χ3v) is 4.97. The van der Waals surface area contributed by atoms with E-state index in [1.807, 2.05) is 36.4 Å². The second-order valence-electron chi connectivity index (χ2n) is 6.23. The topological polar surface area (TPSA) is 99.7 Å².